The van der Waals surface area contributed by atoms with Crippen LogP contribution in [0.1, 0.15) is 28.2 Å². The van der Waals surface area contributed by atoms with Gasteiger partial charge in [0.1, 0.15) is 5.69 Å². The van der Waals surface area contributed by atoms with E-state index >= 15 is 0 Å². The van der Waals surface area contributed by atoms with Crippen molar-refractivity contribution in [3.63, 3.8) is 0 Å². The van der Waals surface area contributed by atoms with Gasteiger partial charge in [-0.3, -0.25) is 0 Å². The van der Waals surface area contributed by atoms with E-state index in [1.807, 2.05) is 16.8 Å². The average Bonchev–Trinajstić information content (AvgIpc) is 2.95. The molecule has 2 rings (SSSR count). The number of aromatic nitrogens is 3. The van der Waals surface area contributed by atoms with Crippen LogP contribution in [-0.4, -0.2) is 26.1 Å². The van der Waals surface area contributed by atoms with E-state index in [1.54, 1.807) is 0 Å². The highest BCUT2D eigenvalue weighted by molar-refractivity contribution is 7.07. The van der Waals surface area contributed by atoms with Gasteiger partial charge in [-0.05, 0) is 28.8 Å². The highest BCUT2D eigenvalue weighted by Gasteiger charge is 2.25. The molecule has 0 spiro atoms. The highest BCUT2D eigenvalue weighted by atomic mass is 32.1. The Morgan fingerprint density at radius 1 is 1.56 bits per heavy atom. The van der Waals surface area contributed by atoms with Crippen molar-refractivity contribution in [3.05, 3.63) is 33.8 Å². The first-order valence-electron chi connectivity index (χ1n) is 5.05. The molecule has 0 saturated heterocycles. The zero-order chi connectivity index (χ0) is 13.1. The number of hydrogen-bond acceptors (Lipinski definition) is 4. The molecular weight excluding hydrogens is 264 g/mol. The van der Waals surface area contributed by atoms with E-state index in [1.165, 1.54) is 11.3 Å². The number of aromatic carboxylic acids is 1. The minimum Gasteiger partial charge on any atom is -0.476 e. The van der Waals surface area contributed by atoms with Gasteiger partial charge < -0.3 is 5.11 Å². The number of carboxylic acids is 1. The summed E-state index contributed by atoms with van der Waals surface area (Å²) in [5.41, 5.74) is -0.333. The number of thiophene rings is 1. The molecule has 0 unspecified atom stereocenters. The van der Waals surface area contributed by atoms with Crippen LogP contribution >= 0.6 is 11.3 Å². The minimum atomic E-state index is -2.91. The van der Waals surface area contributed by atoms with E-state index in [0.29, 0.717) is 6.42 Å². The van der Waals surface area contributed by atoms with E-state index in [2.05, 4.69) is 10.3 Å². The van der Waals surface area contributed by atoms with Gasteiger partial charge in [0.15, 0.2) is 5.69 Å². The fraction of sp³-hybridized carbons (Fsp3) is 0.300. The minimum absolute atomic E-state index is 0.177. The van der Waals surface area contributed by atoms with Crippen LogP contribution < -0.4 is 0 Å². The van der Waals surface area contributed by atoms with Crippen molar-refractivity contribution < 1.29 is 18.7 Å². The summed E-state index contributed by atoms with van der Waals surface area (Å²) in [6, 6.07) is 1.88. The summed E-state index contributed by atoms with van der Waals surface area (Å²) in [5, 5.41) is 19.3. The molecule has 0 aromatic carbocycles. The maximum atomic E-state index is 12.8. The molecule has 0 aliphatic rings. The number of carbonyl (C=O) groups is 1. The van der Waals surface area contributed by atoms with Crippen LogP contribution in [0.3, 0.4) is 0 Å². The number of carboxylic acid groups (broad SMARTS) is 1. The van der Waals surface area contributed by atoms with Crippen molar-refractivity contribution in [1.29, 1.82) is 0 Å². The maximum Gasteiger partial charge on any atom is 0.358 e. The summed E-state index contributed by atoms with van der Waals surface area (Å²) in [6.45, 7) is 0.177. The first-order valence-corrected chi connectivity index (χ1v) is 5.99. The lowest BCUT2D eigenvalue weighted by molar-refractivity contribution is 0.0675. The van der Waals surface area contributed by atoms with E-state index in [0.717, 1.165) is 10.2 Å². The number of nitrogens with zero attached hydrogens (tertiary/aromatic N) is 3. The van der Waals surface area contributed by atoms with Crippen molar-refractivity contribution in [1.82, 2.24) is 15.0 Å². The Morgan fingerprint density at radius 3 is 2.89 bits per heavy atom. The van der Waals surface area contributed by atoms with Gasteiger partial charge in [0.25, 0.3) is 6.43 Å². The predicted octanol–water partition coefficient (Wildman–Crippen LogP) is 2.22. The van der Waals surface area contributed by atoms with E-state index in [4.69, 9.17) is 5.11 Å². The second-order valence-electron chi connectivity index (χ2n) is 3.53. The summed E-state index contributed by atoms with van der Waals surface area (Å²) in [4.78, 5) is 10.7. The second-order valence-corrected chi connectivity index (χ2v) is 4.31. The van der Waals surface area contributed by atoms with Crippen LogP contribution in [-0.2, 0) is 13.0 Å². The SMILES string of the molecule is O=C(O)c1nnn(CCc2ccsc2)c1C(F)F. The fourth-order valence-electron chi connectivity index (χ4n) is 1.52. The molecule has 2 heterocycles. The Bertz CT molecular complexity index is 539. The molecule has 0 saturated carbocycles. The number of hydrogen-bond donors (Lipinski definition) is 1. The van der Waals surface area contributed by atoms with E-state index in [9.17, 15) is 13.6 Å². The molecule has 0 atom stereocenters. The lowest BCUT2D eigenvalue weighted by Crippen LogP contribution is -2.10. The summed E-state index contributed by atoms with van der Waals surface area (Å²) >= 11 is 1.51. The van der Waals surface area contributed by atoms with E-state index in [-0.39, 0.29) is 6.54 Å². The first kappa shape index (κ1) is 12.6. The zero-order valence-electron chi connectivity index (χ0n) is 9.08. The Hall–Kier alpha value is -1.83. The molecule has 0 fully saturated rings. The molecule has 96 valence electrons. The molecule has 0 amide bonds. The standard InChI is InChI=1S/C10H9F2N3O2S/c11-9(12)8-7(10(16)17)13-14-15(8)3-1-6-2-4-18-5-6/h2,4-5,9H,1,3H2,(H,16,17). The van der Waals surface area contributed by atoms with E-state index < -0.39 is 23.8 Å². The molecule has 0 aliphatic carbocycles. The summed E-state index contributed by atoms with van der Waals surface area (Å²) in [5.74, 6) is -1.49. The molecule has 2 aromatic heterocycles. The van der Waals surface area contributed by atoms with Gasteiger partial charge in [0.05, 0.1) is 0 Å². The van der Waals surface area contributed by atoms with Gasteiger partial charge >= 0.3 is 5.97 Å². The van der Waals surface area contributed by atoms with Gasteiger partial charge in [-0.25, -0.2) is 18.3 Å². The van der Waals surface area contributed by atoms with Gasteiger partial charge in [-0.1, -0.05) is 5.21 Å². The highest BCUT2D eigenvalue weighted by Crippen LogP contribution is 2.21. The Balaban J connectivity index is 2.20. The predicted molar refractivity (Wildman–Crippen MR) is 60.0 cm³/mol. The largest absolute Gasteiger partial charge is 0.476 e. The fourth-order valence-corrected chi connectivity index (χ4v) is 2.23. The summed E-state index contributed by atoms with van der Waals surface area (Å²) < 4.78 is 26.5. The van der Waals surface area contributed by atoms with Crippen LogP contribution in [0.2, 0.25) is 0 Å². The van der Waals surface area contributed by atoms with Crippen LogP contribution in [0, 0.1) is 0 Å². The van der Waals surface area contributed by atoms with Crippen molar-refractivity contribution >= 4 is 17.3 Å². The lowest BCUT2D eigenvalue weighted by atomic mass is 10.2. The molecule has 5 nitrogen and oxygen atoms in total. The van der Waals surface area contributed by atoms with Crippen LogP contribution in [0.25, 0.3) is 0 Å². The quantitative estimate of drug-likeness (QED) is 0.907. The molecule has 8 heteroatoms. The monoisotopic (exact) mass is 273 g/mol. The maximum absolute atomic E-state index is 12.8. The lowest BCUT2D eigenvalue weighted by Gasteiger charge is -2.05. The molecule has 0 radical (unpaired) electrons. The van der Waals surface area contributed by atoms with Gasteiger partial charge in [-0.2, -0.15) is 11.3 Å². The summed E-state index contributed by atoms with van der Waals surface area (Å²) in [6.07, 6.45) is -2.40. The number of rotatable bonds is 5. The molecule has 18 heavy (non-hydrogen) atoms. The molecule has 0 aliphatic heterocycles. The number of halogens is 2. The van der Waals surface area contributed by atoms with Crippen LogP contribution in [0.5, 0.6) is 0 Å². The Morgan fingerprint density at radius 2 is 2.33 bits per heavy atom. The van der Waals surface area contributed by atoms with Crippen molar-refractivity contribution in [3.8, 4) is 0 Å². The second kappa shape index (κ2) is 5.21. The molecule has 0 bridgehead atoms. The Kier molecular flexibility index (Phi) is 3.66. The molecule has 2 aromatic rings. The van der Waals surface area contributed by atoms with Crippen molar-refractivity contribution in [2.75, 3.05) is 0 Å². The Labute approximate surface area is 105 Å². The normalized spacial score (nSPS) is 11.1. The number of aryl methyl sites for hydroxylation is 2. The summed E-state index contributed by atoms with van der Waals surface area (Å²) in [7, 11) is 0. The third-order valence-corrected chi connectivity index (χ3v) is 3.11. The van der Waals surface area contributed by atoms with Gasteiger partial charge in [0.2, 0.25) is 0 Å². The third kappa shape index (κ3) is 2.53. The van der Waals surface area contributed by atoms with Crippen molar-refractivity contribution in [2.45, 2.75) is 19.4 Å². The van der Waals surface area contributed by atoms with Gasteiger partial charge in [0, 0.05) is 6.54 Å². The smallest absolute Gasteiger partial charge is 0.358 e. The zero-order valence-corrected chi connectivity index (χ0v) is 9.90. The van der Waals surface area contributed by atoms with Crippen LogP contribution in [0.4, 0.5) is 8.78 Å². The molecule has 1 N–H and O–H groups in total. The third-order valence-electron chi connectivity index (χ3n) is 2.38. The van der Waals surface area contributed by atoms with Crippen LogP contribution in [0.15, 0.2) is 16.8 Å². The average molecular weight is 273 g/mol. The van der Waals surface area contributed by atoms with Crippen molar-refractivity contribution in [2.24, 2.45) is 0 Å². The van der Waals surface area contributed by atoms with Gasteiger partial charge in [-0.15, -0.1) is 5.10 Å². The topological polar surface area (TPSA) is 68.0 Å². The molecular formula is C10H9F2N3O2S. The number of alkyl halides is 2. The first-order chi connectivity index (χ1) is 8.59.